The number of hydrogen-bond donors (Lipinski definition) is 3. The first-order valence-electron chi connectivity index (χ1n) is 7.50. The normalized spacial score (nSPS) is 34.4. The third-order valence-corrected chi connectivity index (χ3v) is 3.59. The topological polar surface area (TPSA) is 79.2 Å². The number of unbranched alkanes of at least 4 members (excludes halogenated alkanes) is 5. The molecule has 1 rings (SSSR count). The van der Waals surface area contributed by atoms with Gasteiger partial charge >= 0.3 is 0 Å². The van der Waals surface area contributed by atoms with Gasteiger partial charge in [-0.05, 0) is 6.42 Å². The zero-order valence-electron chi connectivity index (χ0n) is 12.1. The van der Waals surface area contributed by atoms with Gasteiger partial charge in [0, 0.05) is 6.61 Å². The van der Waals surface area contributed by atoms with Crippen LogP contribution in [0.5, 0.6) is 0 Å². The van der Waals surface area contributed by atoms with Crippen LogP contribution in [0.1, 0.15) is 45.4 Å². The molecule has 0 saturated carbocycles. The molecule has 1 heterocycles. The maximum absolute atomic E-state index is 13.7. The first-order chi connectivity index (χ1) is 9.61. The summed E-state index contributed by atoms with van der Waals surface area (Å²) in [4.78, 5) is 0. The molecule has 1 saturated heterocycles. The number of rotatable bonds is 9. The third-order valence-electron chi connectivity index (χ3n) is 3.59. The van der Waals surface area contributed by atoms with Crippen molar-refractivity contribution in [2.45, 2.75) is 76.2 Å². The molecule has 0 aliphatic carbocycles. The molecule has 0 aromatic carbocycles. The molecule has 0 aromatic heterocycles. The van der Waals surface area contributed by atoms with Gasteiger partial charge in [-0.1, -0.05) is 39.0 Å². The number of hydrogen-bond acceptors (Lipinski definition) is 5. The van der Waals surface area contributed by atoms with E-state index in [0.29, 0.717) is 6.61 Å². The second-order valence-corrected chi connectivity index (χ2v) is 5.29. The van der Waals surface area contributed by atoms with E-state index in [4.69, 9.17) is 14.6 Å². The minimum atomic E-state index is -1.80. The van der Waals surface area contributed by atoms with E-state index < -0.39 is 37.4 Å². The molecule has 1 aliphatic heterocycles. The van der Waals surface area contributed by atoms with Crippen LogP contribution in [0.25, 0.3) is 0 Å². The molecule has 0 amide bonds. The highest BCUT2D eigenvalue weighted by Gasteiger charge is 2.45. The highest BCUT2D eigenvalue weighted by molar-refractivity contribution is 4.89. The van der Waals surface area contributed by atoms with Crippen molar-refractivity contribution in [1.82, 2.24) is 0 Å². The van der Waals surface area contributed by atoms with Crippen LogP contribution in [-0.2, 0) is 9.47 Å². The molecule has 6 heteroatoms. The predicted molar refractivity (Wildman–Crippen MR) is 72.0 cm³/mol. The lowest BCUT2D eigenvalue weighted by molar-refractivity contribution is -0.286. The lowest BCUT2D eigenvalue weighted by Gasteiger charge is -2.38. The summed E-state index contributed by atoms with van der Waals surface area (Å²) in [6.07, 6.45) is -0.487. The number of aliphatic hydroxyl groups excluding tert-OH is 3. The van der Waals surface area contributed by atoms with Crippen LogP contribution in [-0.4, -0.2) is 59.3 Å². The van der Waals surface area contributed by atoms with Gasteiger partial charge in [-0.25, -0.2) is 4.39 Å². The molecule has 20 heavy (non-hydrogen) atoms. The molecule has 5 nitrogen and oxygen atoms in total. The van der Waals surface area contributed by atoms with Gasteiger partial charge < -0.3 is 24.8 Å². The molecule has 0 spiro atoms. The molecule has 0 bridgehead atoms. The van der Waals surface area contributed by atoms with Gasteiger partial charge in [-0.2, -0.15) is 0 Å². The molecule has 1 fully saturated rings. The van der Waals surface area contributed by atoms with Crippen molar-refractivity contribution in [3.63, 3.8) is 0 Å². The van der Waals surface area contributed by atoms with E-state index in [2.05, 4.69) is 6.92 Å². The second-order valence-electron chi connectivity index (χ2n) is 5.29. The fourth-order valence-corrected chi connectivity index (χ4v) is 2.26. The average Bonchev–Trinajstić information content (AvgIpc) is 2.46. The van der Waals surface area contributed by atoms with Crippen molar-refractivity contribution in [3.05, 3.63) is 0 Å². The first-order valence-corrected chi connectivity index (χ1v) is 7.50. The minimum absolute atomic E-state index is 0.345. The molecule has 5 atom stereocenters. The molecule has 0 radical (unpaired) electrons. The third kappa shape index (κ3) is 5.26. The summed E-state index contributed by atoms with van der Waals surface area (Å²) in [5.41, 5.74) is 0. The van der Waals surface area contributed by atoms with Crippen LogP contribution < -0.4 is 0 Å². The van der Waals surface area contributed by atoms with Gasteiger partial charge in [0.1, 0.15) is 18.3 Å². The van der Waals surface area contributed by atoms with Crippen molar-refractivity contribution in [1.29, 1.82) is 0 Å². The van der Waals surface area contributed by atoms with Crippen LogP contribution in [0, 0.1) is 0 Å². The Morgan fingerprint density at radius 3 is 2.35 bits per heavy atom. The summed E-state index contributed by atoms with van der Waals surface area (Å²) < 4.78 is 24.1. The van der Waals surface area contributed by atoms with Crippen LogP contribution >= 0.6 is 0 Å². The van der Waals surface area contributed by atoms with Gasteiger partial charge in [0.2, 0.25) is 0 Å². The van der Waals surface area contributed by atoms with Gasteiger partial charge in [0.05, 0.1) is 6.61 Å². The maximum Gasteiger partial charge on any atom is 0.191 e. The Labute approximate surface area is 119 Å². The van der Waals surface area contributed by atoms with E-state index >= 15 is 0 Å². The molecule has 3 N–H and O–H groups in total. The van der Waals surface area contributed by atoms with Crippen molar-refractivity contribution in [3.8, 4) is 0 Å². The smallest absolute Gasteiger partial charge is 0.191 e. The number of ether oxygens (including phenoxy) is 2. The summed E-state index contributed by atoms with van der Waals surface area (Å²) in [6, 6.07) is 0. The number of halogens is 1. The predicted octanol–water partition coefficient (Wildman–Crippen LogP) is 1.14. The van der Waals surface area contributed by atoms with E-state index in [9.17, 15) is 14.6 Å². The highest BCUT2D eigenvalue weighted by atomic mass is 19.1. The molecule has 120 valence electrons. The van der Waals surface area contributed by atoms with E-state index in [1.165, 1.54) is 19.3 Å². The van der Waals surface area contributed by atoms with Crippen molar-refractivity contribution in [2.75, 3.05) is 13.2 Å². The van der Waals surface area contributed by atoms with Gasteiger partial charge in [-0.3, -0.25) is 0 Å². The van der Waals surface area contributed by atoms with E-state index in [-0.39, 0.29) is 0 Å². The van der Waals surface area contributed by atoms with Crippen molar-refractivity contribution in [2.24, 2.45) is 0 Å². The summed E-state index contributed by atoms with van der Waals surface area (Å²) in [5, 5.41) is 28.0. The molecule has 1 aliphatic rings. The zero-order chi connectivity index (χ0) is 15.0. The molecular formula is C14H27FO5. The van der Waals surface area contributed by atoms with Crippen LogP contribution in [0.3, 0.4) is 0 Å². The Kier molecular flexibility index (Phi) is 8.56. The fourth-order valence-electron chi connectivity index (χ4n) is 2.26. The zero-order valence-corrected chi connectivity index (χ0v) is 12.1. The number of aliphatic hydroxyl groups is 3. The fraction of sp³-hybridized carbons (Fsp3) is 1.00. The molecule has 0 aromatic rings. The van der Waals surface area contributed by atoms with Gasteiger partial charge in [0.25, 0.3) is 0 Å². The van der Waals surface area contributed by atoms with Gasteiger partial charge in [-0.15, -0.1) is 0 Å². The molecule has 0 unspecified atom stereocenters. The van der Waals surface area contributed by atoms with Crippen molar-refractivity contribution < 1.29 is 29.2 Å². The first kappa shape index (κ1) is 17.8. The van der Waals surface area contributed by atoms with E-state index in [1.807, 2.05) is 0 Å². The lowest BCUT2D eigenvalue weighted by Crippen LogP contribution is -2.57. The van der Waals surface area contributed by atoms with Crippen LogP contribution in [0.4, 0.5) is 4.39 Å². The Hall–Kier alpha value is -0.270. The Morgan fingerprint density at radius 1 is 1.05 bits per heavy atom. The summed E-state index contributed by atoms with van der Waals surface area (Å²) in [6.45, 7) is 2.02. The molecular weight excluding hydrogens is 267 g/mol. The largest absolute Gasteiger partial charge is 0.394 e. The van der Waals surface area contributed by atoms with E-state index in [1.54, 1.807) is 0 Å². The van der Waals surface area contributed by atoms with Crippen molar-refractivity contribution >= 4 is 0 Å². The highest BCUT2D eigenvalue weighted by Crippen LogP contribution is 2.24. The van der Waals surface area contributed by atoms with E-state index in [0.717, 1.165) is 19.3 Å². The minimum Gasteiger partial charge on any atom is -0.394 e. The quantitative estimate of drug-likeness (QED) is 0.556. The Morgan fingerprint density at radius 2 is 1.70 bits per heavy atom. The Bertz CT molecular complexity index is 252. The number of alkyl halides is 1. The van der Waals surface area contributed by atoms with Crippen LogP contribution in [0.15, 0.2) is 0 Å². The summed E-state index contributed by atoms with van der Waals surface area (Å²) in [5.74, 6) is 0. The monoisotopic (exact) mass is 294 g/mol. The maximum atomic E-state index is 13.7. The van der Waals surface area contributed by atoms with Crippen LogP contribution in [0.2, 0.25) is 0 Å². The standard InChI is InChI=1S/C14H27FO5/c1-2-3-4-5-6-7-8-19-14-11(15)13(18)12(17)10(9-16)20-14/h10-14,16-18H,2-9H2,1H3/t10-,11-,12-,13-,14-/m1/s1. The SMILES string of the molecule is CCCCCCCCO[C@@H]1O[C@H](CO)[C@@H](O)[C@H](O)[C@H]1F. The summed E-state index contributed by atoms with van der Waals surface area (Å²) in [7, 11) is 0. The summed E-state index contributed by atoms with van der Waals surface area (Å²) >= 11 is 0. The average molecular weight is 294 g/mol. The van der Waals surface area contributed by atoms with Gasteiger partial charge in [0.15, 0.2) is 12.5 Å². The lowest BCUT2D eigenvalue weighted by atomic mass is 10.0. The Balaban J connectivity index is 2.21. The second kappa shape index (κ2) is 9.63.